The smallest absolute Gasteiger partial charge is 0.0897 e. The highest BCUT2D eigenvalue weighted by Crippen LogP contribution is 2.02. The highest BCUT2D eigenvalue weighted by Gasteiger charge is 2.21. The zero-order valence-electron chi connectivity index (χ0n) is 11.7. The zero-order valence-corrected chi connectivity index (χ0v) is 11.7. The Kier molecular flexibility index (Phi) is 7.91. The molecule has 0 amide bonds. The summed E-state index contributed by atoms with van der Waals surface area (Å²) in [6.07, 6.45) is -0.408. The standard InChI is InChI=1S/C12H28N2O3/c1-10(2)17-7-11(15)6-13-8-12(3,16)9-14(4)5/h10-11,13,15-16H,6-9H2,1-5H3. The van der Waals surface area contributed by atoms with Crippen LogP contribution >= 0.6 is 0 Å². The molecule has 2 atom stereocenters. The SMILES string of the molecule is CC(C)OCC(O)CNCC(C)(O)CN(C)C. The highest BCUT2D eigenvalue weighted by molar-refractivity contribution is 4.78. The molecule has 0 saturated carbocycles. The van der Waals surface area contributed by atoms with Crippen molar-refractivity contribution in [3.8, 4) is 0 Å². The minimum Gasteiger partial charge on any atom is -0.389 e. The number of hydrogen-bond donors (Lipinski definition) is 3. The Hall–Kier alpha value is -0.200. The average Bonchev–Trinajstić information content (AvgIpc) is 2.12. The van der Waals surface area contributed by atoms with Crippen LogP contribution in [0.25, 0.3) is 0 Å². The van der Waals surface area contributed by atoms with E-state index in [1.807, 2.05) is 32.8 Å². The van der Waals surface area contributed by atoms with Gasteiger partial charge in [0.15, 0.2) is 0 Å². The molecule has 0 aromatic heterocycles. The highest BCUT2D eigenvalue weighted by atomic mass is 16.5. The number of nitrogens with zero attached hydrogens (tertiary/aromatic N) is 1. The van der Waals surface area contributed by atoms with Gasteiger partial charge in [0.1, 0.15) is 0 Å². The van der Waals surface area contributed by atoms with E-state index in [1.54, 1.807) is 6.92 Å². The zero-order chi connectivity index (χ0) is 13.5. The summed E-state index contributed by atoms with van der Waals surface area (Å²) < 4.78 is 5.29. The summed E-state index contributed by atoms with van der Waals surface area (Å²) >= 11 is 0. The van der Waals surface area contributed by atoms with E-state index >= 15 is 0 Å². The Labute approximate surface area is 105 Å². The van der Waals surface area contributed by atoms with E-state index in [0.717, 1.165) is 0 Å². The van der Waals surface area contributed by atoms with Crippen molar-refractivity contribution in [2.45, 2.75) is 38.6 Å². The third-order valence-electron chi connectivity index (χ3n) is 2.16. The van der Waals surface area contributed by atoms with E-state index in [-0.39, 0.29) is 6.10 Å². The lowest BCUT2D eigenvalue weighted by Gasteiger charge is -2.27. The molecule has 0 aliphatic rings. The van der Waals surface area contributed by atoms with Crippen LogP contribution in [0, 0.1) is 0 Å². The molecule has 2 unspecified atom stereocenters. The summed E-state index contributed by atoms with van der Waals surface area (Å²) in [6, 6.07) is 0. The van der Waals surface area contributed by atoms with Gasteiger partial charge in [0.2, 0.25) is 0 Å². The van der Waals surface area contributed by atoms with Gasteiger partial charge in [-0.15, -0.1) is 0 Å². The average molecular weight is 248 g/mol. The predicted molar refractivity (Wildman–Crippen MR) is 69.1 cm³/mol. The molecule has 0 aromatic carbocycles. The number of ether oxygens (including phenoxy) is 1. The van der Waals surface area contributed by atoms with Gasteiger partial charge in [-0.3, -0.25) is 0 Å². The van der Waals surface area contributed by atoms with Crippen LogP contribution in [0.2, 0.25) is 0 Å². The first-order valence-electron chi connectivity index (χ1n) is 6.10. The first-order valence-corrected chi connectivity index (χ1v) is 6.10. The maximum atomic E-state index is 10.00. The largest absolute Gasteiger partial charge is 0.389 e. The Balaban J connectivity index is 3.67. The number of likely N-dealkylation sites (N-methyl/N-ethyl adjacent to an activating group) is 1. The van der Waals surface area contributed by atoms with Crippen molar-refractivity contribution in [3.05, 3.63) is 0 Å². The molecule has 5 heteroatoms. The van der Waals surface area contributed by atoms with E-state index in [9.17, 15) is 10.2 Å². The van der Waals surface area contributed by atoms with Gasteiger partial charge in [-0.2, -0.15) is 0 Å². The summed E-state index contributed by atoms with van der Waals surface area (Å²) in [5.74, 6) is 0. The molecule has 0 saturated heterocycles. The fraction of sp³-hybridized carbons (Fsp3) is 1.00. The molecule has 0 spiro atoms. The van der Waals surface area contributed by atoms with Crippen molar-refractivity contribution in [1.29, 1.82) is 0 Å². The molecular formula is C12H28N2O3. The van der Waals surface area contributed by atoms with Crippen LogP contribution in [0.5, 0.6) is 0 Å². The normalized spacial score (nSPS) is 17.5. The number of rotatable bonds is 9. The summed E-state index contributed by atoms with van der Waals surface area (Å²) in [5.41, 5.74) is -0.790. The van der Waals surface area contributed by atoms with Crippen LogP contribution < -0.4 is 5.32 Å². The quantitative estimate of drug-likeness (QED) is 0.522. The Bertz CT molecular complexity index is 196. The molecule has 0 heterocycles. The number of aliphatic hydroxyl groups excluding tert-OH is 1. The minimum atomic E-state index is -0.790. The summed E-state index contributed by atoms with van der Waals surface area (Å²) in [4.78, 5) is 1.93. The van der Waals surface area contributed by atoms with Crippen LogP contribution in [0.4, 0.5) is 0 Å². The second-order valence-electron chi connectivity index (χ2n) is 5.40. The first-order chi connectivity index (χ1) is 7.73. The van der Waals surface area contributed by atoms with Gasteiger partial charge < -0.3 is 25.2 Å². The Morgan fingerprint density at radius 1 is 1.35 bits per heavy atom. The molecule has 0 bridgehead atoms. The third-order valence-corrected chi connectivity index (χ3v) is 2.16. The number of aliphatic hydroxyl groups is 2. The lowest BCUT2D eigenvalue weighted by molar-refractivity contribution is -0.000565. The van der Waals surface area contributed by atoms with Crippen molar-refractivity contribution in [3.63, 3.8) is 0 Å². The number of nitrogens with one attached hydrogen (secondary N) is 1. The molecule has 3 N–H and O–H groups in total. The lowest BCUT2D eigenvalue weighted by atomic mass is 10.1. The molecule has 0 aromatic rings. The molecule has 0 aliphatic carbocycles. The van der Waals surface area contributed by atoms with Crippen LogP contribution in [-0.2, 0) is 4.74 Å². The summed E-state index contributed by atoms with van der Waals surface area (Å²) in [7, 11) is 3.83. The molecule has 0 aliphatic heterocycles. The fourth-order valence-corrected chi connectivity index (χ4v) is 1.61. The first kappa shape index (κ1) is 16.8. The predicted octanol–water partition coefficient (Wildman–Crippen LogP) is -0.325. The monoisotopic (exact) mass is 248 g/mol. The summed E-state index contributed by atoms with van der Waals surface area (Å²) in [5, 5.41) is 22.6. The molecular weight excluding hydrogens is 220 g/mol. The number of hydrogen-bond acceptors (Lipinski definition) is 5. The third kappa shape index (κ3) is 10.7. The molecule has 0 fully saturated rings. The second kappa shape index (κ2) is 8.00. The topological polar surface area (TPSA) is 65.0 Å². The minimum absolute atomic E-state index is 0.126. The van der Waals surface area contributed by atoms with Crippen LogP contribution in [0.3, 0.4) is 0 Å². The van der Waals surface area contributed by atoms with Gasteiger partial charge in [-0.25, -0.2) is 0 Å². The molecule has 5 nitrogen and oxygen atoms in total. The van der Waals surface area contributed by atoms with E-state index in [2.05, 4.69) is 5.32 Å². The van der Waals surface area contributed by atoms with Crippen molar-refractivity contribution in [2.24, 2.45) is 0 Å². The van der Waals surface area contributed by atoms with Gasteiger partial charge in [0.05, 0.1) is 24.4 Å². The fourth-order valence-electron chi connectivity index (χ4n) is 1.61. The van der Waals surface area contributed by atoms with Gasteiger partial charge >= 0.3 is 0 Å². The van der Waals surface area contributed by atoms with Crippen molar-refractivity contribution >= 4 is 0 Å². The van der Waals surface area contributed by atoms with E-state index in [1.165, 1.54) is 0 Å². The van der Waals surface area contributed by atoms with E-state index in [0.29, 0.717) is 26.2 Å². The maximum Gasteiger partial charge on any atom is 0.0897 e. The van der Waals surface area contributed by atoms with E-state index < -0.39 is 11.7 Å². The second-order valence-corrected chi connectivity index (χ2v) is 5.40. The van der Waals surface area contributed by atoms with Gasteiger partial charge in [-0.1, -0.05) is 0 Å². The molecule has 0 rings (SSSR count). The maximum absolute atomic E-state index is 10.00. The summed E-state index contributed by atoms with van der Waals surface area (Å²) in [6.45, 7) is 7.42. The van der Waals surface area contributed by atoms with E-state index in [4.69, 9.17) is 4.74 Å². The van der Waals surface area contributed by atoms with Crippen molar-refractivity contribution in [1.82, 2.24) is 10.2 Å². The molecule has 0 radical (unpaired) electrons. The van der Waals surface area contributed by atoms with Gasteiger partial charge in [-0.05, 0) is 34.9 Å². The van der Waals surface area contributed by atoms with Crippen LogP contribution in [0.15, 0.2) is 0 Å². The van der Waals surface area contributed by atoms with Gasteiger partial charge in [0.25, 0.3) is 0 Å². The van der Waals surface area contributed by atoms with Gasteiger partial charge in [0, 0.05) is 19.6 Å². The Morgan fingerprint density at radius 2 is 1.94 bits per heavy atom. The van der Waals surface area contributed by atoms with Crippen molar-refractivity contribution in [2.75, 3.05) is 40.3 Å². The molecule has 104 valence electrons. The Morgan fingerprint density at radius 3 is 2.41 bits per heavy atom. The van der Waals surface area contributed by atoms with Crippen LogP contribution in [0.1, 0.15) is 20.8 Å². The van der Waals surface area contributed by atoms with Crippen molar-refractivity contribution < 1.29 is 14.9 Å². The molecule has 17 heavy (non-hydrogen) atoms. The lowest BCUT2D eigenvalue weighted by Crippen LogP contribution is -2.47. The van der Waals surface area contributed by atoms with Crippen LogP contribution in [-0.4, -0.2) is 73.3 Å².